The zero-order valence-corrected chi connectivity index (χ0v) is 14.5. The Balaban J connectivity index is 2.39. The molecule has 20 heavy (non-hydrogen) atoms. The Kier molecular flexibility index (Phi) is 8.13. The summed E-state index contributed by atoms with van der Waals surface area (Å²) in [6.07, 6.45) is 11.2. The van der Waals surface area contributed by atoms with Gasteiger partial charge in [-0.05, 0) is 39.2 Å². The fourth-order valence-corrected chi connectivity index (χ4v) is 3.88. The standard InChI is InChI=1S/C18H37NO/c1-6-10-11-12-13-15(5)20-17-14-16(19-9-4)18(17,7-2)8-3/h15-17,19H,6-14H2,1-5H3. The van der Waals surface area contributed by atoms with Crippen LogP contribution >= 0.6 is 0 Å². The molecule has 0 aromatic heterocycles. The number of rotatable bonds is 11. The highest BCUT2D eigenvalue weighted by Gasteiger charge is 2.53. The van der Waals surface area contributed by atoms with E-state index >= 15 is 0 Å². The number of unbranched alkanes of at least 4 members (excludes halogenated alkanes) is 3. The van der Waals surface area contributed by atoms with Crippen LogP contribution in [0.4, 0.5) is 0 Å². The molecule has 1 aliphatic carbocycles. The van der Waals surface area contributed by atoms with Gasteiger partial charge in [0, 0.05) is 11.5 Å². The molecule has 1 aliphatic rings. The fourth-order valence-electron chi connectivity index (χ4n) is 3.88. The zero-order chi connectivity index (χ0) is 15.0. The van der Waals surface area contributed by atoms with Crippen LogP contribution in [0.15, 0.2) is 0 Å². The number of hydrogen-bond acceptors (Lipinski definition) is 2. The lowest BCUT2D eigenvalue weighted by Crippen LogP contribution is -2.63. The summed E-state index contributed by atoms with van der Waals surface area (Å²) in [5, 5.41) is 3.66. The summed E-state index contributed by atoms with van der Waals surface area (Å²) < 4.78 is 6.40. The first-order valence-corrected chi connectivity index (χ1v) is 9.03. The molecule has 1 rings (SSSR count). The van der Waals surface area contributed by atoms with Gasteiger partial charge >= 0.3 is 0 Å². The minimum atomic E-state index is 0.383. The lowest BCUT2D eigenvalue weighted by molar-refractivity contribution is -0.164. The fraction of sp³-hybridized carbons (Fsp3) is 1.00. The molecule has 0 radical (unpaired) electrons. The second-order valence-electron chi connectivity index (χ2n) is 6.57. The minimum Gasteiger partial charge on any atom is -0.375 e. The van der Waals surface area contributed by atoms with Crippen molar-refractivity contribution >= 4 is 0 Å². The number of nitrogens with one attached hydrogen (secondary N) is 1. The molecule has 0 heterocycles. The maximum Gasteiger partial charge on any atom is 0.0664 e. The number of ether oxygens (including phenoxy) is 1. The van der Waals surface area contributed by atoms with Crippen molar-refractivity contribution in [1.29, 1.82) is 0 Å². The zero-order valence-electron chi connectivity index (χ0n) is 14.5. The van der Waals surface area contributed by atoms with Crippen molar-refractivity contribution in [3.8, 4) is 0 Å². The molecule has 0 spiro atoms. The normalized spacial score (nSPS) is 26.2. The van der Waals surface area contributed by atoms with E-state index in [-0.39, 0.29) is 0 Å². The molecule has 1 fully saturated rings. The molecule has 3 unspecified atom stereocenters. The first-order chi connectivity index (χ1) is 9.64. The molecule has 2 heteroatoms. The second kappa shape index (κ2) is 9.04. The van der Waals surface area contributed by atoms with Gasteiger partial charge < -0.3 is 10.1 Å². The van der Waals surface area contributed by atoms with E-state index in [1.165, 1.54) is 51.4 Å². The maximum atomic E-state index is 6.40. The molecule has 3 atom stereocenters. The van der Waals surface area contributed by atoms with Crippen molar-refractivity contribution in [2.45, 2.75) is 104 Å². The van der Waals surface area contributed by atoms with Crippen LogP contribution in [-0.4, -0.2) is 24.8 Å². The van der Waals surface area contributed by atoms with E-state index in [1.807, 2.05) is 0 Å². The molecule has 1 N–H and O–H groups in total. The molecule has 0 aromatic carbocycles. The summed E-state index contributed by atoms with van der Waals surface area (Å²) in [6.45, 7) is 12.5. The van der Waals surface area contributed by atoms with Crippen LogP contribution in [0.2, 0.25) is 0 Å². The monoisotopic (exact) mass is 283 g/mol. The third-order valence-corrected chi connectivity index (χ3v) is 5.41. The lowest BCUT2D eigenvalue weighted by Gasteiger charge is -2.56. The van der Waals surface area contributed by atoms with E-state index in [2.05, 4.69) is 39.9 Å². The van der Waals surface area contributed by atoms with Crippen LogP contribution in [0.5, 0.6) is 0 Å². The maximum absolute atomic E-state index is 6.40. The first-order valence-electron chi connectivity index (χ1n) is 9.03. The Morgan fingerprint density at radius 2 is 1.80 bits per heavy atom. The van der Waals surface area contributed by atoms with Gasteiger partial charge in [-0.1, -0.05) is 53.4 Å². The predicted molar refractivity (Wildman–Crippen MR) is 88.2 cm³/mol. The molecule has 0 aromatic rings. The van der Waals surface area contributed by atoms with E-state index in [1.54, 1.807) is 0 Å². The molecule has 2 nitrogen and oxygen atoms in total. The van der Waals surface area contributed by atoms with Crippen LogP contribution in [0.1, 0.15) is 86.0 Å². The molecule has 1 saturated carbocycles. The summed E-state index contributed by atoms with van der Waals surface area (Å²) in [5.41, 5.74) is 0.383. The van der Waals surface area contributed by atoms with Crippen LogP contribution < -0.4 is 5.32 Å². The molecular formula is C18H37NO. The van der Waals surface area contributed by atoms with Crippen molar-refractivity contribution in [3.05, 3.63) is 0 Å². The average Bonchev–Trinajstić information content (AvgIpc) is 2.44. The van der Waals surface area contributed by atoms with Crippen LogP contribution in [0.3, 0.4) is 0 Å². The van der Waals surface area contributed by atoms with E-state index in [0.717, 1.165) is 6.54 Å². The summed E-state index contributed by atoms with van der Waals surface area (Å²) in [6, 6.07) is 0.666. The topological polar surface area (TPSA) is 21.3 Å². The van der Waals surface area contributed by atoms with Gasteiger partial charge in [-0.3, -0.25) is 0 Å². The Hall–Kier alpha value is -0.0800. The van der Waals surface area contributed by atoms with Gasteiger partial charge in [0.05, 0.1) is 12.2 Å². The van der Waals surface area contributed by atoms with Crippen LogP contribution in [-0.2, 0) is 4.74 Å². The van der Waals surface area contributed by atoms with Crippen molar-refractivity contribution in [1.82, 2.24) is 5.32 Å². The Labute approximate surface area is 127 Å². The first kappa shape index (κ1) is 18.0. The SMILES string of the molecule is CCCCCCC(C)OC1CC(NCC)C1(CC)CC. The van der Waals surface area contributed by atoms with Crippen molar-refractivity contribution in [2.24, 2.45) is 5.41 Å². The lowest BCUT2D eigenvalue weighted by atomic mass is 9.58. The quantitative estimate of drug-likeness (QED) is 0.543. The summed E-state index contributed by atoms with van der Waals surface area (Å²) in [4.78, 5) is 0. The van der Waals surface area contributed by atoms with Gasteiger partial charge in [0.2, 0.25) is 0 Å². The molecular weight excluding hydrogens is 246 g/mol. The molecule has 0 bridgehead atoms. The van der Waals surface area contributed by atoms with Crippen LogP contribution in [0.25, 0.3) is 0 Å². The Bertz CT molecular complexity index is 250. The van der Waals surface area contributed by atoms with E-state index in [9.17, 15) is 0 Å². The summed E-state index contributed by atoms with van der Waals surface area (Å²) in [5.74, 6) is 0. The predicted octanol–water partition coefficient (Wildman–Crippen LogP) is 4.92. The van der Waals surface area contributed by atoms with Crippen molar-refractivity contribution < 1.29 is 4.74 Å². The van der Waals surface area contributed by atoms with Gasteiger partial charge in [0.15, 0.2) is 0 Å². The van der Waals surface area contributed by atoms with Gasteiger partial charge in [-0.2, -0.15) is 0 Å². The smallest absolute Gasteiger partial charge is 0.0664 e. The second-order valence-corrected chi connectivity index (χ2v) is 6.57. The van der Waals surface area contributed by atoms with Gasteiger partial charge in [-0.15, -0.1) is 0 Å². The highest BCUT2D eigenvalue weighted by molar-refractivity contribution is 5.06. The third-order valence-electron chi connectivity index (χ3n) is 5.41. The van der Waals surface area contributed by atoms with Gasteiger partial charge in [0.1, 0.15) is 0 Å². The molecule has 0 saturated heterocycles. The largest absolute Gasteiger partial charge is 0.375 e. The number of hydrogen-bond donors (Lipinski definition) is 1. The molecule has 0 amide bonds. The molecule has 120 valence electrons. The van der Waals surface area contributed by atoms with E-state index in [0.29, 0.717) is 23.7 Å². The van der Waals surface area contributed by atoms with Crippen LogP contribution in [0, 0.1) is 5.41 Å². The van der Waals surface area contributed by atoms with Crippen molar-refractivity contribution in [3.63, 3.8) is 0 Å². The van der Waals surface area contributed by atoms with Crippen molar-refractivity contribution in [2.75, 3.05) is 6.54 Å². The minimum absolute atomic E-state index is 0.383. The third kappa shape index (κ3) is 4.21. The Morgan fingerprint density at radius 1 is 1.10 bits per heavy atom. The summed E-state index contributed by atoms with van der Waals surface area (Å²) in [7, 11) is 0. The average molecular weight is 284 g/mol. The highest BCUT2D eigenvalue weighted by atomic mass is 16.5. The highest BCUT2D eigenvalue weighted by Crippen LogP contribution is 2.49. The van der Waals surface area contributed by atoms with E-state index in [4.69, 9.17) is 4.74 Å². The Morgan fingerprint density at radius 3 is 2.35 bits per heavy atom. The van der Waals surface area contributed by atoms with Gasteiger partial charge in [0.25, 0.3) is 0 Å². The summed E-state index contributed by atoms with van der Waals surface area (Å²) >= 11 is 0. The van der Waals surface area contributed by atoms with E-state index < -0.39 is 0 Å². The molecule has 0 aliphatic heterocycles. The van der Waals surface area contributed by atoms with Gasteiger partial charge in [-0.25, -0.2) is 0 Å².